The van der Waals surface area contributed by atoms with E-state index in [1.54, 1.807) is 0 Å². The molecule has 0 aromatic rings. The summed E-state index contributed by atoms with van der Waals surface area (Å²) in [5.74, 6) is 0. The molecular weight excluding hydrogens is 146 g/mol. The molecule has 1 aliphatic rings. The molecule has 1 aliphatic heterocycles. The largest absolute Gasteiger partial charge is 0.376 e. The van der Waals surface area contributed by atoms with Crippen LogP contribution in [-0.2, 0) is 0 Å². The van der Waals surface area contributed by atoms with Crippen molar-refractivity contribution in [2.24, 2.45) is 0 Å². The standard InChI is InChI=1S/C11H17N/c1-4-10(2)8-11-6-5-7-12(3)9-11/h5-8H,4,9H2,1-3H3. The zero-order valence-electron chi connectivity index (χ0n) is 8.17. The second kappa shape index (κ2) is 4.15. The number of rotatable bonds is 2. The first-order valence-electron chi connectivity index (χ1n) is 4.47. The van der Waals surface area contributed by atoms with Crippen molar-refractivity contribution in [3.63, 3.8) is 0 Å². The van der Waals surface area contributed by atoms with Gasteiger partial charge in [-0.25, -0.2) is 0 Å². The zero-order valence-corrected chi connectivity index (χ0v) is 8.17. The van der Waals surface area contributed by atoms with E-state index in [-0.39, 0.29) is 0 Å². The molecule has 0 saturated heterocycles. The summed E-state index contributed by atoms with van der Waals surface area (Å²) in [5.41, 5.74) is 2.85. The van der Waals surface area contributed by atoms with Gasteiger partial charge in [0.25, 0.3) is 0 Å². The molecule has 0 aliphatic carbocycles. The predicted octanol–water partition coefficient (Wildman–Crippen LogP) is 2.73. The highest BCUT2D eigenvalue weighted by Gasteiger charge is 1.99. The number of hydrogen-bond acceptors (Lipinski definition) is 1. The summed E-state index contributed by atoms with van der Waals surface area (Å²) in [6.45, 7) is 5.40. The lowest BCUT2D eigenvalue weighted by Crippen LogP contribution is -2.15. The fourth-order valence-electron chi connectivity index (χ4n) is 1.22. The van der Waals surface area contributed by atoms with Crippen LogP contribution in [0.3, 0.4) is 0 Å². The molecule has 12 heavy (non-hydrogen) atoms. The van der Waals surface area contributed by atoms with Gasteiger partial charge in [-0.05, 0) is 31.2 Å². The van der Waals surface area contributed by atoms with Crippen molar-refractivity contribution in [2.45, 2.75) is 20.3 Å². The Morgan fingerprint density at radius 2 is 2.42 bits per heavy atom. The fourth-order valence-corrected chi connectivity index (χ4v) is 1.22. The van der Waals surface area contributed by atoms with Gasteiger partial charge in [0.1, 0.15) is 0 Å². The van der Waals surface area contributed by atoms with Crippen LogP contribution in [0.1, 0.15) is 20.3 Å². The second-order valence-electron chi connectivity index (χ2n) is 3.34. The van der Waals surface area contributed by atoms with E-state index >= 15 is 0 Å². The normalized spacial score (nSPS) is 18.1. The van der Waals surface area contributed by atoms with Crippen LogP contribution in [-0.4, -0.2) is 18.5 Å². The molecule has 0 saturated carbocycles. The van der Waals surface area contributed by atoms with E-state index in [9.17, 15) is 0 Å². The number of likely N-dealkylation sites (N-methyl/N-ethyl adjacent to an activating group) is 1. The summed E-state index contributed by atoms with van der Waals surface area (Å²) < 4.78 is 0. The van der Waals surface area contributed by atoms with Crippen LogP contribution in [0.15, 0.2) is 35.6 Å². The van der Waals surface area contributed by atoms with Gasteiger partial charge in [0.05, 0.1) is 0 Å². The Labute approximate surface area is 75.1 Å². The Hall–Kier alpha value is -0.980. The lowest BCUT2D eigenvalue weighted by Gasteiger charge is -2.18. The van der Waals surface area contributed by atoms with Crippen LogP contribution in [0.4, 0.5) is 0 Å². The summed E-state index contributed by atoms with van der Waals surface area (Å²) in [6.07, 6.45) is 9.79. The summed E-state index contributed by atoms with van der Waals surface area (Å²) in [5, 5.41) is 0. The third kappa shape index (κ3) is 2.57. The van der Waals surface area contributed by atoms with Crippen molar-refractivity contribution in [1.29, 1.82) is 0 Å². The van der Waals surface area contributed by atoms with Gasteiger partial charge in [0.15, 0.2) is 0 Å². The minimum Gasteiger partial charge on any atom is -0.376 e. The van der Waals surface area contributed by atoms with Gasteiger partial charge in [-0.2, -0.15) is 0 Å². The topological polar surface area (TPSA) is 3.24 Å². The second-order valence-corrected chi connectivity index (χ2v) is 3.34. The van der Waals surface area contributed by atoms with Crippen molar-refractivity contribution in [3.05, 3.63) is 35.6 Å². The predicted molar refractivity (Wildman–Crippen MR) is 53.9 cm³/mol. The molecule has 0 N–H and O–H groups in total. The molecule has 66 valence electrons. The van der Waals surface area contributed by atoms with Crippen molar-refractivity contribution < 1.29 is 0 Å². The third-order valence-electron chi connectivity index (χ3n) is 2.07. The van der Waals surface area contributed by atoms with E-state index in [4.69, 9.17) is 0 Å². The van der Waals surface area contributed by atoms with Crippen LogP contribution in [0.5, 0.6) is 0 Å². The monoisotopic (exact) mass is 163 g/mol. The van der Waals surface area contributed by atoms with Gasteiger partial charge in [-0.15, -0.1) is 0 Å². The van der Waals surface area contributed by atoms with Crippen molar-refractivity contribution in [2.75, 3.05) is 13.6 Å². The van der Waals surface area contributed by atoms with Crippen LogP contribution < -0.4 is 0 Å². The summed E-state index contributed by atoms with van der Waals surface area (Å²) in [6, 6.07) is 0. The molecule has 0 fully saturated rings. The Kier molecular flexibility index (Phi) is 3.15. The Balaban J connectivity index is 2.64. The summed E-state index contributed by atoms with van der Waals surface area (Å²) >= 11 is 0. The first-order valence-corrected chi connectivity index (χ1v) is 4.47. The van der Waals surface area contributed by atoms with E-state index < -0.39 is 0 Å². The quantitative estimate of drug-likeness (QED) is 0.605. The van der Waals surface area contributed by atoms with E-state index in [1.807, 2.05) is 0 Å². The van der Waals surface area contributed by atoms with Gasteiger partial charge in [-0.1, -0.05) is 24.6 Å². The van der Waals surface area contributed by atoms with E-state index in [0.29, 0.717) is 0 Å². The van der Waals surface area contributed by atoms with Crippen LogP contribution in [0.2, 0.25) is 0 Å². The third-order valence-corrected chi connectivity index (χ3v) is 2.07. The lowest BCUT2D eigenvalue weighted by atomic mass is 10.1. The highest BCUT2D eigenvalue weighted by Crippen LogP contribution is 2.10. The molecule has 0 radical (unpaired) electrons. The average molecular weight is 163 g/mol. The van der Waals surface area contributed by atoms with Crippen molar-refractivity contribution in [3.8, 4) is 0 Å². The first-order chi connectivity index (χ1) is 5.72. The molecule has 0 aromatic heterocycles. The van der Waals surface area contributed by atoms with Gasteiger partial charge in [0.2, 0.25) is 0 Å². The number of nitrogens with zero attached hydrogens (tertiary/aromatic N) is 1. The molecule has 0 aromatic carbocycles. The molecule has 1 heteroatoms. The van der Waals surface area contributed by atoms with Gasteiger partial charge >= 0.3 is 0 Å². The first kappa shape index (κ1) is 9.11. The molecule has 0 amide bonds. The van der Waals surface area contributed by atoms with E-state index in [0.717, 1.165) is 13.0 Å². The molecule has 0 unspecified atom stereocenters. The van der Waals surface area contributed by atoms with Gasteiger partial charge in [-0.3, -0.25) is 0 Å². The maximum absolute atomic E-state index is 2.28. The van der Waals surface area contributed by atoms with Gasteiger partial charge < -0.3 is 4.90 Å². The molecule has 0 bridgehead atoms. The Bertz CT molecular complexity index is 233. The van der Waals surface area contributed by atoms with Crippen LogP contribution >= 0.6 is 0 Å². The summed E-state index contributed by atoms with van der Waals surface area (Å²) in [7, 11) is 2.10. The maximum atomic E-state index is 2.28. The highest BCUT2D eigenvalue weighted by molar-refractivity contribution is 5.30. The van der Waals surface area contributed by atoms with Crippen molar-refractivity contribution >= 4 is 0 Å². The fraction of sp³-hybridized carbons (Fsp3) is 0.455. The highest BCUT2D eigenvalue weighted by atomic mass is 15.1. The molecule has 1 nitrogen and oxygen atoms in total. The van der Waals surface area contributed by atoms with Gasteiger partial charge in [0, 0.05) is 13.6 Å². The average Bonchev–Trinajstić information content (AvgIpc) is 2.04. The Morgan fingerprint density at radius 1 is 1.67 bits per heavy atom. The number of allylic oxidation sites excluding steroid dienone is 3. The van der Waals surface area contributed by atoms with Crippen LogP contribution in [0.25, 0.3) is 0 Å². The van der Waals surface area contributed by atoms with E-state index in [1.165, 1.54) is 11.1 Å². The Morgan fingerprint density at radius 3 is 3.00 bits per heavy atom. The maximum Gasteiger partial charge on any atom is 0.0420 e. The lowest BCUT2D eigenvalue weighted by molar-refractivity contribution is 0.495. The molecule has 0 spiro atoms. The van der Waals surface area contributed by atoms with E-state index in [2.05, 4.69) is 50.2 Å². The van der Waals surface area contributed by atoms with Crippen LogP contribution in [0, 0.1) is 0 Å². The molecular formula is C11H17N. The smallest absolute Gasteiger partial charge is 0.0420 e. The SMILES string of the molecule is CCC(C)=CC1=CC=CN(C)C1. The number of hydrogen-bond donors (Lipinski definition) is 0. The summed E-state index contributed by atoms with van der Waals surface area (Å²) in [4.78, 5) is 2.19. The molecule has 0 atom stereocenters. The molecule has 1 heterocycles. The minimum atomic E-state index is 1.04. The zero-order chi connectivity index (χ0) is 8.97. The minimum absolute atomic E-state index is 1.04. The molecule has 1 rings (SSSR count). The van der Waals surface area contributed by atoms with Crippen molar-refractivity contribution in [1.82, 2.24) is 4.90 Å².